The molecular formula is C7H11F2N3O2S. The van der Waals surface area contributed by atoms with E-state index in [1.54, 1.807) is 13.8 Å². The van der Waals surface area contributed by atoms with Crippen LogP contribution >= 0.6 is 0 Å². The molecule has 0 aliphatic carbocycles. The molecule has 2 N–H and O–H groups in total. The summed E-state index contributed by atoms with van der Waals surface area (Å²) in [4.78, 5) is 3.57. The van der Waals surface area contributed by atoms with Crippen LogP contribution in [-0.4, -0.2) is 18.0 Å². The lowest BCUT2D eigenvalue weighted by Gasteiger charge is -2.07. The summed E-state index contributed by atoms with van der Waals surface area (Å²) in [5, 5.41) is 4.26. The quantitative estimate of drug-likeness (QED) is 0.856. The molecule has 0 aromatic carbocycles. The number of nitrogens with zero attached hydrogens (tertiary/aromatic N) is 2. The molecule has 0 radical (unpaired) electrons. The smallest absolute Gasteiger partial charge is 0.276 e. The van der Waals surface area contributed by atoms with Crippen molar-refractivity contribution < 1.29 is 17.2 Å². The maximum atomic E-state index is 12.5. The van der Waals surface area contributed by atoms with Crippen LogP contribution in [0.5, 0.6) is 0 Å². The first kappa shape index (κ1) is 12.1. The fourth-order valence-corrected chi connectivity index (χ4v) is 1.59. The van der Waals surface area contributed by atoms with E-state index < -0.39 is 21.6 Å². The van der Waals surface area contributed by atoms with E-state index in [1.807, 2.05) is 0 Å². The number of hydrogen-bond donors (Lipinski definition) is 1. The Bertz CT molecular complexity index is 427. The molecule has 0 bridgehead atoms. The van der Waals surface area contributed by atoms with Crippen LogP contribution in [0.4, 0.5) is 8.78 Å². The number of sulfonamides is 1. The first-order valence-electron chi connectivity index (χ1n) is 4.13. The largest absolute Gasteiger partial charge is 0.319 e. The average Bonchev–Trinajstić information content (AvgIpc) is 2.45. The van der Waals surface area contributed by atoms with Gasteiger partial charge in [0, 0.05) is 12.1 Å². The second-order valence-corrected chi connectivity index (χ2v) is 4.83. The van der Waals surface area contributed by atoms with Gasteiger partial charge in [0.2, 0.25) is 0 Å². The van der Waals surface area contributed by atoms with E-state index in [9.17, 15) is 17.2 Å². The van der Waals surface area contributed by atoms with E-state index in [0.717, 1.165) is 6.20 Å². The predicted octanol–water partition coefficient (Wildman–Crippen LogP) is 1.05. The topological polar surface area (TPSA) is 78.0 Å². The third-order valence-corrected chi connectivity index (χ3v) is 2.54. The van der Waals surface area contributed by atoms with Crippen molar-refractivity contribution in [2.24, 2.45) is 5.14 Å². The second kappa shape index (κ2) is 3.86. The monoisotopic (exact) mass is 239 g/mol. The summed E-state index contributed by atoms with van der Waals surface area (Å²) >= 11 is 0. The summed E-state index contributed by atoms with van der Waals surface area (Å²) in [5.41, 5.74) is 0. The zero-order valence-corrected chi connectivity index (χ0v) is 9.00. The lowest BCUT2D eigenvalue weighted by Crippen LogP contribution is -2.12. The van der Waals surface area contributed by atoms with Crippen molar-refractivity contribution in [1.82, 2.24) is 9.55 Å². The SMILES string of the molecule is CC(C)c1nc(S(N)(=O)=O)cn1C(F)F. The Balaban J connectivity index is 3.34. The van der Waals surface area contributed by atoms with Gasteiger partial charge in [-0.1, -0.05) is 13.8 Å². The van der Waals surface area contributed by atoms with E-state index >= 15 is 0 Å². The fraction of sp³-hybridized carbons (Fsp3) is 0.571. The van der Waals surface area contributed by atoms with Crippen LogP contribution in [0.2, 0.25) is 0 Å². The van der Waals surface area contributed by atoms with Crippen LogP contribution in [0, 0.1) is 0 Å². The van der Waals surface area contributed by atoms with E-state index in [-0.39, 0.29) is 11.7 Å². The van der Waals surface area contributed by atoms with Gasteiger partial charge in [0.05, 0.1) is 0 Å². The van der Waals surface area contributed by atoms with Gasteiger partial charge in [-0.25, -0.2) is 18.5 Å². The number of aromatic nitrogens is 2. The van der Waals surface area contributed by atoms with Crippen LogP contribution in [0.15, 0.2) is 11.2 Å². The second-order valence-electron chi connectivity index (χ2n) is 3.32. The van der Waals surface area contributed by atoms with Gasteiger partial charge in [-0.15, -0.1) is 0 Å². The number of halogens is 2. The van der Waals surface area contributed by atoms with Crippen LogP contribution in [0.3, 0.4) is 0 Å². The summed E-state index contributed by atoms with van der Waals surface area (Å²) in [6, 6.07) is 0. The fourth-order valence-electron chi connectivity index (χ4n) is 1.11. The van der Waals surface area contributed by atoms with Crippen molar-refractivity contribution in [3.63, 3.8) is 0 Å². The third kappa shape index (κ3) is 2.51. The number of hydrogen-bond acceptors (Lipinski definition) is 3. The Hall–Kier alpha value is -1.02. The van der Waals surface area contributed by atoms with Gasteiger partial charge in [-0.3, -0.25) is 4.57 Å². The van der Waals surface area contributed by atoms with E-state index in [0.29, 0.717) is 4.57 Å². The molecule has 15 heavy (non-hydrogen) atoms. The minimum absolute atomic E-state index is 0.00553. The average molecular weight is 239 g/mol. The zero-order chi connectivity index (χ0) is 11.8. The Morgan fingerprint density at radius 3 is 2.27 bits per heavy atom. The molecule has 5 nitrogen and oxygen atoms in total. The van der Waals surface area contributed by atoms with Gasteiger partial charge < -0.3 is 0 Å². The summed E-state index contributed by atoms with van der Waals surface area (Å²) in [5.74, 6) is -0.316. The highest BCUT2D eigenvalue weighted by molar-refractivity contribution is 7.89. The van der Waals surface area contributed by atoms with E-state index in [1.165, 1.54) is 0 Å². The third-order valence-electron chi connectivity index (χ3n) is 1.76. The molecule has 86 valence electrons. The summed E-state index contributed by atoms with van der Waals surface area (Å²) in [7, 11) is -4.04. The molecule has 0 spiro atoms. The van der Waals surface area contributed by atoms with Gasteiger partial charge in [-0.2, -0.15) is 8.78 Å². The first-order chi connectivity index (χ1) is 6.73. The Kier molecular flexibility index (Phi) is 3.10. The minimum atomic E-state index is -4.04. The number of alkyl halides is 2. The Morgan fingerprint density at radius 1 is 1.47 bits per heavy atom. The van der Waals surface area contributed by atoms with Gasteiger partial charge in [0.1, 0.15) is 5.82 Å². The molecule has 8 heteroatoms. The van der Waals surface area contributed by atoms with Crippen molar-refractivity contribution in [3.8, 4) is 0 Å². The highest BCUT2D eigenvalue weighted by Crippen LogP contribution is 2.22. The molecule has 0 saturated heterocycles. The Labute approximate surface area is 86.0 Å². The first-order valence-corrected chi connectivity index (χ1v) is 5.68. The van der Waals surface area contributed by atoms with Gasteiger partial charge in [0.15, 0.2) is 5.03 Å². The van der Waals surface area contributed by atoms with Crippen molar-refractivity contribution >= 4 is 10.0 Å². The summed E-state index contributed by atoms with van der Waals surface area (Å²) in [6.07, 6.45) is 0.745. The molecule has 0 amide bonds. The molecule has 0 unspecified atom stereocenters. The van der Waals surface area contributed by atoms with Crippen LogP contribution in [-0.2, 0) is 10.0 Å². The number of imidazole rings is 1. The lowest BCUT2D eigenvalue weighted by molar-refractivity contribution is 0.0660. The van der Waals surface area contributed by atoms with Crippen LogP contribution in [0.1, 0.15) is 32.1 Å². The Morgan fingerprint density at radius 2 is 2.00 bits per heavy atom. The normalized spacial score (nSPS) is 12.7. The standard InChI is InChI=1S/C7H11F2N3O2S/c1-4(2)6-11-5(15(10,13)14)3-12(6)7(8)9/h3-4,7H,1-2H3,(H2,10,13,14). The molecule has 1 aromatic rings. The molecule has 0 atom stereocenters. The molecule has 1 rings (SSSR count). The molecule has 0 aliphatic rings. The van der Waals surface area contributed by atoms with Crippen molar-refractivity contribution in [1.29, 1.82) is 0 Å². The number of primary sulfonamides is 1. The molecule has 1 aromatic heterocycles. The highest BCUT2D eigenvalue weighted by Gasteiger charge is 2.21. The maximum Gasteiger partial charge on any atom is 0.319 e. The highest BCUT2D eigenvalue weighted by atomic mass is 32.2. The van der Waals surface area contributed by atoms with E-state index in [4.69, 9.17) is 5.14 Å². The van der Waals surface area contributed by atoms with Crippen LogP contribution < -0.4 is 5.14 Å². The maximum absolute atomic E-state index is 12.5. The predicted molar refractivity (Wildman–Crippen MR) is 48.9 cm³/mol. The molecule has 0 aliphatic heterocycles. The number of nitrogens with two attached hydrogens (primary N) is 1. The lowest BCUT2D eigenvalue weighted by atomic mass is 10.2. The van der Waals surface area contributed by atoms with Gasteiger partial charge in [-0.05, 0) is 0 Å². The summed E-state index contributed by atoms with van der Waals surface area (Å²) in [6.45, 7) is 0.438. The number of rotatable bonds is 3. The molecule has 0 fully saturated rings. The minimum Gasteiger partial charge on any atom is -0.276 e. The summed E-state index contributed by atoms with van der Waals surface area (Å²) < 4.78 is 47.3. The van der Waals surface area contributed by atoms with Crippen molar-refractivity contribution in [2.75, 3.05) is 0 Å². The van der Waals surface area contributed by atoms with E-state index in [2.05, 4.69) is 4.98 Å². The van der Waals surface area contributed by atoms with Crippen LogP contribution in [0.25, 0.3) is 0 Å². The molecular weight excluding hydrogens is 228 g/mol. The van der Waals surface area contributed by atoms with Crippen molar-refractivity contribution in [3.05, 3.63) is 12.0 Å². The van der Waals surface area contributed by atoms with Gasteiger partial charge >= 0.3 is 6.55 Å². The van der Waals surface area contributed by atoms with Gasteiger partial charge in [0.25, 0.3) is 10.0 Å². The van der Waals surface area contributed by atoms with Crippen molar-refractivity contribution in [2.45, 2.75) is 31.3 Å². The zero-order valence-electron chi connectivity index (χ0n) is 8.18. The molecule has 1 heterocycles. The molecule has 0 saturated carbocycles.